The number of nitrogens with zero attached hydrogens (tertiary/aromatic N) is 2. The molecule has 0 atom stereocenters. The van der Waals surface area contributed by atoms with Crippen LogP contribution in [0.1, 0.15) is 73.6 Å². The molecule has 0 bridgehead atoms. The van der Waals surface area contributed by atoms with Crippen molar-refractivity contribution < 1.29 is 0 Å². The summed E-state index contributed by atoms with van der Waals surface area (Å²) in [5, 5.41) is 15.6. The zero-order chi connectivity index (χ0) is 28.3. The summed E-state index contributed by atoms with van der Waals surface area (Å²) in [6, 6.07) is 13.8. The molecule has 208 valence electrons. The Morgan fingerprint density at radius 1 is 0.975 bits per heavy atom. The molecule has 0 saturated heterocycles. The molecular formula is C33H41N7. The largest absolute Gasteiger partial charge is 0.398 e. The van der Waals surface area contributed by atoms with Crippen molar-refractivity contribution in [2.24, 2.45) is 0 Å². The molecule has 2 heterocycles. The monoisotopic (exact) mass is 535 g/mol. The van der Waals surface area contributed by atoms with Gasteiger partial charge in [0.15, 0.2) is 0 Å². The van der Waals surface area contributed by atoms with E-state index in [1.165, 1.54) is 32.1 Å². The molecule has 0 unspecified atom stereocenters. The molecule has 7 heteroatoms. The summed E-state index contributed by atoms with van der Waals surface area (Å²) in [6.07, 6.45) is 17.9. The molecule has 1 aliphatic carbocycles. The number of unbranched alkanes of at least 4 members (excludes halogenated alkanes) is 1. The summed E-state index contributed by atoms with van der Waals surface area (Å²) < 4.78 is 0. The second kappa shape index (κ2) is 14.1. The molecule has 0 radical (unpaired) electrons. The third kappa shape index (κ3) is 7.82. The summed E-state index contributed by atoms with van der Waals surface area (Å²) in [6.45, 7) is 8.32. The normalized spacial score (nSPS) is 13.7. The van der Waals surface area contributed by atoms with Gasteiger partial charge in [0.1, 0.15) is 11.6 Å². The molecule has 0 spiro atoms. The van der Waals surface area contributed by atoms with E-state index in [1.807, 2.05) is 42.5 Å². The van der Waals surface area contributed by atoms with Gasteiger partial charge in [0, 0.05) is 41.1 Å². The van der Waals surface area contributed by atoms with Gasteiger partial charge in [-0.3, -0.25) is 5.41 Å². The highest BCUT2D eigenvalue weighted by molar-refractivity contribution is 6.16. The van der Waals surface area contributed by atoms with Crippen LogP contribution in [0.5, 0.6) is 0 Å². The van der Waals surface area contributed by atoms with Crippen molar-refractivity contribution in [3.8, 4) is 0 Å². The highest BCUT2D eigenvalue weighted by atomic mass is 15.0. The van der Waals surface area contributed by atoms with Gasteiger partial charge in [0.25, 0.3) is 0 Å². The standard InChI is InChI=1S/C33H41N7/c1-23(39-28-14-8-5-9-15-28)12-6-3-4-7-13-27-22-38-33(36)30(32(27)35)31(34)26-19-17-25(18-20-26)24(2)40-29-16-10-11-21-37-29/h4,7,10-11,16-22,28,34,39H,1-3,5-6,8-9,12-15H2,(H,37,40)(H4,35,36,38)/b7-4+,34-31?. The van der Waals surface area contributed by atoms with Crippen molar-refractivity contribution in [3.63, 3.8) is 0 Å². The molecule has 1 aromatic carbocycles. The number of nitrogens with two attached hydrogens (primary N) is 2. The fourth-order valence-corrected chi connectivity index (χ4v) is 5.02. The van der Waals surface area contributed by atoms with Crippen LogP contribution in [0.2, 0.25) is 0 Å². The molecule has 4 rings (SSSR count). The average Bonchev–Trinajstić information content (AvgIpc) is 2.97. The molecule has 40 heavy (non-hydrogen) atoms. The van der Waals surface area contributed by atoms with Gasteiger partial charge in [-0.25, -0.2) is 9.97 Å². The average molecular weight is 536 g/mol. The van der Waals surface area contributed by atoms with E-state index in [2.05, 4.69) is 45.9 Å². The molecule has 1 fully saturated rings. The number of hydrogen-bond acceptors (Lipinski definition) is 7. The molecule has 2 aromatic heterocycles. The Labute approximate surface area is 238 Å². The summed E-state index contributed by atoms with van der Waals surface area (Å²) in [5.41, 5.74) is 18.2. The first-order valence-electron chi connectivity index (χ1n) is 14.1. The smallest absolute Gasteiger partial charge is 0.134 e. The van der Waals surface area contributed by atoms with Crippen molar-refractivity contribution in [1.82, 2.24) is 15.3 Å². The molecule has 0 amide bonds. The number of benzene rings is 1. The van der Waals surface area contributed by atoms with E-state index in [0.29, 0.717) is 29.3 Å². The number of nitrogens with one attached hydrogen (secondary N) is 3. The van der Waals surface area contributed by atoms with Crippen LogP contribution >= 0.6 is 0 Å². The van der Waals surface area contributed by atoms with Crippen LogP contribution in [-0.2, 0) is 6.42 Å². The van der Waals surface area contributed by atoms with Crippen LogP contribution < -0.4 is 22.1 Å². The molecular weight excluding hydrogens is 494 g/mol. The molecule has 1 aliphatic rings. The van der Waals surface area contributed by atoms with E-state index in [-0.39, 0.29) is 11.5 Å². The van der Waals surface area contributed by atoms with E-state index in [1.54, 1.807) is 12.4 Å². The fourth-order valence-electron chi connectivity index (χ4n) is 5.02. The molecule has 7 nitrogen and oxygen atoms in total. The molecule has 0 aliphatic heterocycles. The van der Waals surface area contributed by atoms with Crippen molar-refractivity contribution in [3.05, 3.63) is 108 Å². The van der Waals surface area contributed by atoms with Crippen LogP contribution in [0, 0.1) is 5.41 Å². The van der Waals surface area contributed by atoms with Crippen molar-refractivity contribution in [2.75, 3.05) is 16.8 Å². The number of anilines is 3. The summed E-state index contributed by atoms with van der Waals surface area (Å²) in [7, 11) is 0. The van der Waals surface area contributed by atoms with E-state index in [9.17, 15) is 0 Å². The maximum atomic E-state index is 8.83. The minimum Gasteiger partial charge on any atom is -0.398 e. The van der Waals surface area contributed by atoms with Crippen LogP contribution in [0.15, 0.2) is 85.9 Å². The number of pyridine rings is 2. The highest BCUT2D eigenvalue weighted by Crippen LogP contribution is 2.26. The van der Waals surface area contributed by atoms with Gasteiger partial charge in [0.2, 0.25) is 0 Å². The van der Waals surface area contributed by atoms with E-state index in [0.717, 1.165) is 47.6 Å². The Morgan fingerprint density at radius 3 is 2.45 bits per heavy atom. The zero-order valence-corrected chi connectivity index (χ0v) is 23.3. The van der Waals surface area contributed by atoms with E-state index >= 15 is 0 Å². The minimum absolute atomic E-state index is 0.243. The highest BCUT2D eigenvalue weighted by Gasteiger charge is 2.17. The molecule has 1 saturated carbocycles. The van der Waals surface area contributed by atoms with Gasteiger partial charge in [-0.1, -0.05) is 74.9 Å². The lowest BCUT2D eigenvalue weighted by Gasteiger charge is -2.24. The Hall–Kier alpha value is -4.39. The SMILES string of the molecule is C=C(CCC/C=C/Cc1cnc(N)c(C(=N)c2ccc(C(=C)Nc3ccccn3)cc2)c1N)NC1CCCCC1. The summed E-state index contributed by atoms with van der Waals surface area (Å²) in [4.78, 5) is 8.61. The predicted octanol–water partition coefficient (Wildman–Crippen LogP) is 6.84. The van der Waals surface area contributed by atoms with E-state index in [4.69, 9.17) is 16.9 Å². The Kier molecular flexibility index (Phi) is 10.1. The topological polar surface area (TPSA) is 126 Å². The second-order valence-corrected chi connectivity index (χ2v) is 10.4. The van der Waals surface area contributed by atoms with Gasteiger partial charge in [-0.05, 0) is 61.8 Å². The maximum absolute atomic E-state index is 8.83. The van der Waals surface area contributed by atoms with Crippen LogP contribution in [0.3, 0.4) is 0 Å². The first kappa shape index (κ1) is 28.6. The first-order valence-corrected chi connectivity index (χ1v) is 14.1. The Balaban J connectivity index is 1.31. The number of allylic oxidation sites excluding steroid dienone is 3. The van der Waals surface area contributed by atoms with Crippen molar-refractivity contribution in [1.29, 1.82) is 5.41 Å². The minimum atomic E-state index is 0.243. The van der Waals surface area contributed by atoms with Gasteiger partial charge in [0.05, 0.1) is 11.3 Å². The van der Waals surface area contributed by atoms with Crippen LogP contribution in [-0.4, -0.2) is 21.7 Å². The van der Waals surface area contributed by atoms with Gasteiger partial charge in [-0.15, -0.1) is 0 Å². The van der Waals surface area contributed by atoms with Crippen LogP contribution in [0.4, 0.5) is 17.3 Å². The lowest BCUT2D eigenvalue weighted by Crippen LogP contribution is -2.29. The first-order chi connectivity index (χ1) is 19.4. The fraction of sp³-hybridized carbons (Fsp3) is 0.303. The second-order valence-electron chi connectivity index (χ2n) is 10.4. The maximum Gasteiger partial charge on any atom is 0.134 e. The molecule has 3 aromatic rings. The number of hydrogen-bond donors (Lipinski definition) is 5. The Bertz CT molecular complexity index is 1340. The lowest BCUT2D eigenvalue weighted by molar-refractivity contribution is 0.392. The predicted molar refractivity (Wildman–Crippen MR) is 168 cm³/mol. The van der Waals surface area contributed by atoms with Gasteiger partial charge in [-0.2, -0.15) is 0 Å². The van der Waals surface area contributed by atoms with Crippen LogP contribution in [0.25, 0.3) is 5.70 Å². The summed E-state index contributed by atoms with van der Waals surface area (Å²) in [5.74, 6) is 0.975. The van der Waals surface area contributed by atoms with Crippen molar-refractivity contribution in [2.45, 2.75) is 63.8 Å². The van der Waals surface area contributed by atoms with E-state index < -0.39 is 0 Å². The van der Waals surface area contributed by atoms with Gasteiger partial charge >= 0.3 is 0 Å². The molecule has 7 N–H and O–H groups in total. The third-order valence-corrected chi connectivity index (χ3v) is 7.31. The number of rotatable bonds is 13. The quantitative estimate of drug-likeness (QED) is 0.0926. The van der Waals surface area contributed by atoms with Crippen molar-refractivity contribution >= 4 is 28.7 Å². The summed E-state index contributed by atoms with van der Waals surface area (Å²) >= 11 is 0. The van der Waals surface area contributed by atoms with Gasteiger partial charge < -0.3 is 22.1 Å². The third-order valence-electron chi connectivity index (χ3n) is 7.31. The zero-order valence-electron chi connectivity index (χ0n) is 23.3. The number of aromatic nitrogens is 2. The number of nitrogen functional groups attached to an aromatic ring is 2. The Morgan fingerprint density at radius 2 is 1.73 bits per heavy atom. The lowest BCUT2D eigenvalue weighted by atomic mass is 9.95.